The third-order valence-corrected chi connectivity index (χ3v) is 6.49. The lowest BCUT2D eigenvalue weighted by molar-refractivity contribution is -0.129. The van der Waals surface area contributed by atoms with E-state index in [1.165, 1.54) is 0 Å². The summed E-state index contributed by atoms with van der Waals surface area (Å²) < 4.78 is 6.64. The minimum Gasteiger partial charge on any atom is -0.451 e. The molecule has 1 aromatic heterocycles. The summed E-state index contributed by atoms with van der Waals surface area (Å²) in [6, 6.07) is 16.4. The molecule has 0 aliphatic carbocycles. The molecule has 0 unspecified atom stereocenters. The lowest BCUT2D eigenvalue weighted by Gasteiger charge is -2.36. The molecule has 2 amide bonds. The number of furan rings is 1. The van der Waals surface area contributed by atoms with Gasteiger partial charge in [0.05, 0.1) is 10.7 Å². The SMILES string of the molecule is CC(=O)N1CCN(c2ccc(NC(=S)NC(=O)c3ccc(-c4ccc(Br)cc4)o3)cc2Cl)CC1. The number of rotatable bonds is 4. The van der Waals surface area contributed by atoms with Gasteiger partial charge in [-0.25, -0.2) is 0 Å². The highest BCUT2D eigenvalue weighted by Crippen LogP contribution is 2.30. The maximum Gasteiger partial charge on any atom is 0.293 e. The Hall–Kier alpha value is -2.88. The van der Waals surface area contributed by atoms with Gasteiger partial charge in [-0.1, -0.05) is 39.7 Å². The van der Waals surface area contributed by atoms with Gasteiger partial charge in [0.1, 0.15) is 5.76 Å². The number of hydrogen-bond donors (Lipinski definition) is 2. The molecule has 10 heteroatoms. The van der Waals surface area contributed by atoms with E-state index in [4.69, 9.17) is 28.2 Å². The number of nitrogens with zero attached hydrogens (tertiary/aromatic N) is 2. The molecule has 1 aliphatic heterocycles. The minimum atomic E-state index is -0.452. The summed E-state index contributed by atoms with van der Waals surface area (Å²) in [7, 11) is 0. The van der Waals surface area contributed by atoms with Crippen molar-refractivity contribution >= 4 is 68.1 Å². The molecule has 3 aromatic rings. The number of carbonyl (C=O) groups is 2. The minimum absolute atomic E-state index is 0.0833. The van der Waals surface area contributed by atoms with E-state index in [0.29, 0.717) is 42.6 Å². The number of anilines is 2. The van der Waals surface area contributed by atoms with Crippen LogP contribution in [0.5, 0.6) is 0 Å². The third kappa shape index (κ3) is 5.78. The van der Waals surface area contributed by atoms with Crippen molar-refractivity contribution in [3.8, 4) is 11.3 Å². The van der Waals surface area contributed by atoms with Crippen LogP contribution in [0.25, 0.3) is 11.3 Å². The monoisotopic (exact) mass is 560 g/mol. The first-order chi connectivity index (χ1) is 16.3. The molecule has 0 radical (unpaired) electrons. The van der Waals surface area contributed by atoms with Crippen molar-refractivity contribution in [3.63, 3.8) is 0 Å². The van der Waals surface area contributed by atoms with Crippen molar-refractivity contribution in [1.29, 1.82) is 0 Å². The zero-order chi connectivity index (χ0) is 24.2. The van der Waals surface area contributed by atoms with Crippen LogP contribution in [0.15, 0.2) is 63.5 Å². The molecule has 1 fully saturated rings. The molecule has 0 bridgehead atoms. The lowest BCUT2D eigenvalue weighted by atomic mass is 10.2. The van der Waals surface area contributed by atoms with Gasteiger partial charge in [0.2, 0.25) is 5.91 Å². The van der Waals surface area contributed by atoms with Crippen LogP contribution < -0.4 is 15.5 Å². The van der Waals surface area contributed by atoms with Crippen LogP contribution in [0.4, 0.5) is 11.4 Å². The number of benzene rings is 2. The van der Waals surface area contributed by atoms with Crippen LogP contribution in [0.2, 0.25) is 5.02 Å². The quantitative estimate of drug-likeness (QED) is 0.429. The summed E-state index contributed by atoms with van der Waals surface area (Å²) >= 11 is 15.2. The zero-order valence-corrected chi connectivity index (χ0v) is 21.5. The summed E-state index contributed by atoms with van der Waals surface area (Å²) in [5.41, 5.74) is 2.40. The van der Waals surface area contributed by atoms with Gasteiger partial charge < -0.3 is 19.5 Å². The van der Waals surface area contributed by atoms with Gasteiger partial charge in [0.25, 0.3) is 5.91 Å². The molecular formula is C24H22BrClN4O3S. The Kier molecular flexibility index (Phi) is 7.55. The van der Waals surface area contributed by atoms with E-state index in [2.05, 4.69) is 31.5 Å². The van der Waals surface area contributed by atoms with Crippen molar-refractivity contribution < 1.29 is 14.0 Å². The second-order valence-electron chi connectivity index (χ2n) is 7.74. The molecule has 1 aliphatic rings. The van der Waals surface area contributed by atoms with Crippen LogP contribution in [-0.2, 0) is 4.79 Å². The Labute approximate surface area is 216 Å². The number of carbonyl (C=O) groups excluding carboxylic acids is 2. The molecule has 0 spiro atoms. The first-order valence-electron chi connectivity index (χ1n) is 10.6. The number of nitrogens with one attached hydrogen (secondary N) is 2. The summed E-state index contributed by atoms with van der Waals surface area (Å²) in [6.07, 6.45) is 0. The van der Waals surface area contributed by atoms with E-state index < -0.39 is 5.91 Å². The molecule has 2 heterocycles. The standard InChI is InChI=1S/C24H22BrClN4O3S/c1-15(31)29-10-12-30(13-11-29)20-7-6-18(14-19(20)26)27-24(34)28-23(32)22-9-8-21(33-22)16-2-4-17(25)5-3-16/h2-9,14H,10-13H2,1H3,(H2,27,28,32,34). The Balaban J connectivity index is 1.34. The maximum atomic E-state index is 12.5. The predicted molar refractivity (Wildman–Crippen MR) is 141 cm³/mol. The topological polar surface area (TPSA) is 77.8 Å². The number of amides is 2. The average molecular weight is 562 g/mol. The highest BCUT2D eigenvalue weighted by molar-refractivity contribution is 9.10. The molecule has 0 saturated carbocycles. The molecule has 176 valence electrons. The molecule has 1 saturated heterocycles. The van der Waals surface area contributed by atoms with E-state index in [-0.39, 0.29) is 16.8 Å². The van der Waals surface area contributed by atoms with E-state index in [1.54, 1.807) is 25.1 Å². The molecule has 2 N–H and O–H groups in total. The summed E-state index contributed by atoms with van der Waals surface area (Å²) in [5.74, 6) is 0.370. The normalized spacial score (nSPS) is 13.5. The summed E-state index contributed by atoms with van der Waals surface area (Å²) in [4.78, 5) is 28.0. The van der Waals surface area contributed by atoms with Crippen LogP contribution in [-0.4, -0.2) is 48.0 Å². The van der Waals surface area contributed by atoms with Gasteiger partial charge in [-0.3, -0.25) is 14.9 Å². The smallest absolute Gasteiger partial charge is 0.293 e. The third-order valence-electron chi connectivity index (χ3n) is 5.46. The van der Waals surface area contributed by atoms with Gasteiger partial charge >= 0.3 is 0 Å². The van der Waals surface area contributed by atoms with E-state index in [1.807, 2.05) is 41.3 Å². The van der Waals surface area contributed by atoms with E-state index in [9.17, 15) is 9.59 Å². The number of hydrogen-bond acceptors (Lipinski definition) is 5. The maximum absolute atomic E-state index is 12.5. The molecule has 4 rings (SSSR count). The van der Waals surface area contributed by atoms with Crippen molar-refractivity contribution in [2.24, 2.45) is 0 Å². The van der Waals surface area contributed by atoms with Gasteiger partial charge in [-0.15, -0.1) is 0 Å². The van der Waals surface area contributed by atoms with Crippen LogP contribution in [0.1, 0.15) is 17.5 Å². The van der Waals surface area contributed by atoms with Gasteiger partial charge in [-0.2, -0.15) is 0 Å². The number of piperazine rings is 1. The van der Waals surface area contributed by atoms with Gasteiger partial charge in [-0.05, 0) is 54.7 Å². The van der Waals surface area contributed by atoms with Crippen LogP contribution in [0.3, 0.4) is 0 Å². The highest BCUT2D eigenvalue weighted by atomic mass is 79.9. The fourth-order valence-electron chi connectivity index (χ4n) is 3.66. The fourth-order valence-corrected chi connectivity index (χ4v) is 4.43. The Morgan fingerprint density at radius 2 is 1.74 bits per heavy atom. The lowest BCUT2D eigenvalue weighted by Crippen LogP contribution is -2.48. The molecule has 34 heavy (non-hydrogen) atoms. The molecule has 0 atom stereocenters. The average Bonchev–Trinajstić information content (AvgIpc) is 3.30. The summed E-state index contributed by atoms with van der Waals surface area (Å²) in [5, 5.41) is 6.28. The fraction of sp³-hybridized carbons (Fsp3) is 0.208. The highest BCUT2D eigenvalue weighted by Gasteiger charge is 2.20. The van der Waals surface area contributed by atoms with Crippen LogP contribution >= 0.6 is 39.7 Å². The zero-order valence-electron chi connectivity index (χ0n) is 18.3. The molecule has 7 nitrogen and oxygen atoms in total. The Bertz CT molecular complexity index is 1220. The first-order valence-corrected chi connectivity index (χ1v) is 12.2. The van der Waals surface area contributed by atoms with E-state index in [0.717, 1.165) is 15.7 Å². The Morgan fingerprint density at radius 1 is 1.03 bits per heavy atom. The second-order valence-corrected chi connectivity index (χ2v) is 9.47. The molecular weight excluding hydrogens is 540 g/mol. The van der Waals surface area contributed by atoms with Gasteiger partial charge in [0, 0.05) is 48.8 Å². The Morgan fingerprint density at radius 3 is 2.38 bits per heavy atom. The van der Waals surface area contributed by atoms with Crippen molar-refractivity contribution in [1.82, 2.24) is 10.2 Å². The van der Waals surface area contributed by atoms with Gasteiger partial charge in [0.15, 0.2) is 10.9 Å². The van der Waals surface area contributed by atoms with Crippen molar-refractivity contribution in [2.75, 3.05) is 36.4 Å². The van der Waals surface area contributed by atoms with Crippen molar-refractivity contribution in [3.05, 3.63) is 69.9 Å². The van der Waals surface area contributed by atoms with E-state index >= 15 is 0 Å². The first kappa shape index (κ1) is 24.3. The molecule has 2 aromatic carbocycles. The number of thiocarbonyl (C=S) groups is 1. The number of halogens is 2. The largest absolute Gasteiger partial charge is 0.451 e. The van der Waals surface area contributed by atoms with Crippen molar-refractivity contribution in [2.45, 2.75) is 6.92 Å². The summed E-state index contributed by atoms with van der Waals surface area (Å²) in [6.45, 7) is 4.34. The van der Waals surface area contributed by atoms with Crippen LogP contribution in [0, 0.1) is 0 Å². The predicted octanol–water partition coefficient (Wildman–Crippen LogP) is 5.16. The second kappa shape index (κ2) is 10.6.